The lowest BCUT2D eigenvalue weighted by Gasteiger charge is -2.27. The van der Waals surface area contributed by atoms with E-state index in [1.807, 2.05) is 19.1 Å². The number of carbonyl (C=O) groups is 3. The normalized spacial score (nSPS) is 28.8. The highest BCUT2D eigenvalue weighted by Crippen LogP contribution is 2.36. The number of hydrogen-bond donors (Lipinski definition) is 2. The molecule has 3 rings (SSSR count). The van der Waals surface area contributed by atoms with Crippen LogP contribution in [0.5, 0.6) is 5.75 Å². The molecule has 2 aliphatic rings. The van der Waals surface area contributed by atoms with Crippen molar-refractivity contribution >= 4 is 17.8 Å². The van der Waals surface area contributed by atoms with Gasteiger partial charge in [-0.05, 0) is 43.2 Å². The van der Waals surface area contributed by atoms with Gasteiger partial charge < -0.3 is 20.1 Å². The van der Waals surface area contributed by atoms with Crippen molar-refractivity contribution in [3.05, 3.63) is 55.1 Å². The Balaban J connectivity index is 1.80. The molecule has 32 heavy (non-hydrogen) atoms. The second-order valence-electron chi connectivity index (χ2n) is 8.38. The molecule has 1 unspecified atom stereocenters. The van der Waals surface area contributed by atoms with Gasteiger partial charge in [-0.25, -0.2) is 0 Å². The van der Waals surface area contributed by atoms with E-state index in [9.17, 15) is 14.4 Å². The van der Waals surface area contributed by atoms with Crippen LogP contribution in [0.2, 0.25) is 0 Å². The monoisotopic (exact) mass is 440 g/mol. The summed E-state index contributed by atoms with van der Waals surface area (Å²) < 4.78 is 11.2. The molecule has 172 valence electrons. The molecule has 0 spiro atoms. The van der Waals surface area contributed by atoms with E-state index in [4.69, 9.17) is 9.47 Å². The Morgan fingerprint density at radius 1 is 1.09 bits per heavy atom. The first-order valence-electron chi connectivity index (χ1n) is 11.2. The second kappa shape index (κ2) is 11.5. The van der Waals surface area contributed by atoms with E-state index in [0.29, 0.717) is 18.1 Å². The minimum absolute atomic E-state index is 0.0379. The maximum absolute atomic E-state index is 13.1. The van der Waals surface area contributed by atoms with Gasteiger partial charge in [0.25, 0.3) is 5.91 Å². The van der Waals surface area contributed by atoms with Crippen molar-refractivity contribution < 1.29 is 23.9 Å². The first kappa shape index (κ1) is 23.6. The standard InChI is InChI=1S/C25H32N2O5/c1-3-8-20-24(29)27-23(18-13-14-18)17(2)9-7-12-22(28)31-16-15-21(25(30)26-20)32-19-10-5-4-6-11-19/h3-7,9-11,17-18,20-21,23H,1,8,12-16H2,2H3,(H,26,30)(H,27,29)/b9-7+/t17-,20+,21?,23+/m1/s1. The van der Waals surface area contributed by atoms with Crippen molar-refractivity contribution in [2.45, 2.75) is 57.2 Å². The summed E-state index contributed by atoms with van der Waals surface area (Å²) in [6, 6.07) is 8.14. The van der Waals surface area contributed by atoms with Gasteiger partial charge in [0.05, 0.1) is 13.0 Å². The number of benzene rings is 1. The number of hydrogen-bond acceptors (Lipinski definition) is 5. The molecule has 1 saturated carbocycles. The van der Waals surface area contributed by atoms with Crippen LogP contribution in [-0.2, 0) is 19.1 Å². The molecule has 1 aromatic carbocycles. The zero-order valence-electron chi connectivity index (χ0n) is 18.5. The van der Waals surface area contributed by atoms with Crippen molar-refractivity contribution in [2.24, 2.45) is 11.8 Å². The summed E-state index contributed by atoms with van der Waals surface area (Å²) in [5.74, 6) is -0.0630. The summed E-state index contributed by atoms with van der Waals surface area (Å²) in [7, 11) is 0. The average Bonchev–Trinajstić information content (AvgIpc) is 3.61. The minimum atomic E-state index is -0.913. The molecule has 0 radical (unpaired) electrons. The maximum Gasteiger partial charge on any atom is 0.309 e. The zero-order valence-corrected chi connectivity index (χ0v) is 18.5. The molecule has 2 amide bonds. The molecule has 1 heterocycles. The summed E-state index contributed by atoms with van der Waals surface area (Å²) >= 11 is 0. The Hall–Kier alpha value is -3.09. The minimum Gasteiger partial charge on any atom is -0.480 e. The summed E-state index contributed by atoms with van der Waals surface area (Å²) in [4.78, 5) is 38.2. The largest absolute Gasteiger partial charge is 0.480 e. The molecule has 1 aromatic rings. The topological polar surface area (TPSA) is 93.7 Å². The molecule has 1 aliphatic carbocycles. The number of nitrogens with one attached hydrogen (secondary N) is 2. The van der Waals surface area contributed by atoms with Crippen LogP contribution in [0, 0.1) is 11.8 Å². The number of carbonyl (C=O) groups excluding carboxylic acids is 3. The Bertz CT molecular complexity index is 834. The molecule has 0 bridgehead atoms. The van der Waals surface area contributed by atoms with Crippen LogP contribution in [0.15, 0.2) is 55.1 Å². The number of amides is 2. The van der Waals surface area contributed by atoms with Crippen LogP contribution in [0.3, 0.4) is 0 Å². The molecular weight excluding hydrogens is 408 g/mol. The number of para-hydroxylation sites is 1. The van der Waals surface area contributed by atoms with E-state index in [0.717, 1.165) is 12.8 Å². The predicted molar refractivity (Wildman–Crippen MR) is 121 cm³/mol. The van der Waals surface area contributed by atoms with Crippen molar-refractivity contribution in [1.82, 2.24) is 10.6 Å². The van der Waals surface area contributed by atoms with Gasteiger partial charge >= 0.3 is 5.97 Å². The van der Waals surface area contributed by atoms with E-state index in [-0.39, 0.29) is 43.3 Å². The molecule has 1 aliphatic heterocycles. The third-order valence-electron chi connectivity index (χ3n) is 5.72. The average molecular weight is 441 g/mol. The van der Waals surface area contributed by atoms with Crippen molar-refractivity contribution in [2.75, 3.05) is 6.61 Å². The highest BCUT2D eigenvalue weighted by molar-refractivity contribution is 5.89. The lowest BCUT2D eigenvalue weighted by molar-refractivity contribution is -0.144. The van der Waals surface area contributed by atoms with Crippen molar-refractivity contribution in [1.29, 1.82) is 0 Å². The molecule has 7 heteroatoms. The van der Waals surface area contributed by atoms with Gasteiger partial charge in [0.2, 0.25) is 5.91 Å². The quantitative estimate of drug-likeness (QED) is 0.542. The first-order valence-corrected chi connectivity index (χ1v) is 11.2. The fourth-order valence-electron chi connectivity index (χ4n) is 3.81. The van der Waals surface area contributed by atoms with Crippen LogP contribution in [-0.4, -0.2) is 42.6 Å². The lowest BCUT2D eigenvalue weighted by atomic mass is 9.96. The zero-order chi connectivity index (χ0) is 22.9. The summed E-state index contributed by atoms with van der Waals surface area (Å²) in [6.45, 7) is 5.79. The second-order valence-corrected chi connectivity index (χ2v) is 8.38. The lowest BCUT2D eigenvalue weighted by Crippen LogP contribution is -2.53. The summed E-state index contributed by atoms with van der Waals surface area (Å²) in [5.41, 5.74) is 0. The van der Waals surface area contributed by atoms with Gasteiger partial charge in [0, 0.05) is 12.5 Å². The molecule has 4 atom stereocenters. The fraction of sp³-hybridized carbons (Fsp3) is 0.480. The van der Waals surface area contributed by atoms with Gasteiger partial charge in [-0.2, -0.15) is 0 Å². The van der Waals surface area contributed by atoms with Gasteiger partial charge in [0.1, 0.15) is 11.8 Å². The Labute approximate surface area is 189 Å². The van der Waals surface area contributed by atoms with Crippen LogP contribution in [0.25, 0.3) is 0 Å². The fourth-order valence-corrected chi connectivity index (χ4v) is 3.81. The Kier molecular flexibility index (Phi) is 8.48. The van der Waals surface area contributed by atoms with Gasteiger partial charge in [-0.1, -0.05) is 43.4 Å². The predicted octanol–water partition coefficient (Wildman–Crippen LogP) is 2.92. The third-order valence-corrected chi connectivity index (χ3v) is 5.72. The highest BCUT2D eigenvalue weighted by Gasteiger charge is 2.36. The van der Waals surface area contributed by atoms with Crippen LogP contribution in [0.1, 0.15) is 39.0 Å². The number of ether oxygens (including phenoxy) is 2. The molecular formula is C25H32N2O5. The molecule has 1 fully saturated rings. The molecule has 0 saturated heterocycles. The third kappa shape index (κ3) is 6.97. The SMILES string of the molecule is C=CC[C@@H]1NC(=O)C(Oc2ccccc2)CCOC(=O)C/C=C/[C@@H](C)[C@@H](C2CC2)NC1=O. The van der Waals surface area contributed by atoms with E-state index < -0.39 is 18.1 Å². The number of cyclic esters (lactones) is 1. The van der Waals surface area contributed by atoms with Gasteiger partial charge in [0.15, 0.2) is 6.10 Å². The highest BCUT2D eigenvalue weighted by atomic mass is 16.5. The molecule has 0 aromatic heterocycles. The van der Waals surface area contributed by atoms with Gasteiger partial charge in [-0.3, -0.25) is 14.4 Å². The number of rotatable bonds is 5. The van der Waals surface area contributed by atoms with Crippen molar-refractivity contribution in [3.63, 3.8) is 0 Å². The van der Waals surface area contributed by atoms with E-state index in [2.05, 4.69) is 17.2 Å². The first-order chi connectivity index (χ1) is 15.5. The number of esters is 1. The van der Waals surface area contributed by atoms with E-state index in [1.165, 1.54) is 0 Å². The van der Waals surface area contributed by atoms with Crippen LogP contribution in [0.4, 0.5) is 0 Å². The van der Waals surface area contributed by atoms with Gasteiger partial charge in [-0.15, -0.1) is 6.58 Å². The van der Waals surface area contributed by atoms with E-state index in [1.54, 1.807) is 36.4 Å². The summed E-state index contributed by atoms with van der Waals surface area (Å²) in [6.07, 6.45) is 7.15. The Morgan fingerprint density at radius 2 is 1.84 bits per heavy atom. The van der Waals surface area contributed by atoms with E-state index >= 15 is 0 Å². The smallest absolute Gasteiger partial charge is 0.309 e. The maximum atomic E-state index is 13.1. The summed E-state index contributed by atoms with van der Waals surface area (Å²) in [5, 5.41) is 5.93. The molecule has 2 N–H and O–H groups in total. The molecule has 7 nitrogen and oxygen atoms in total. The van der Waals surface area contributed by atoms with Crippen LogP contribution < -0.4 is 15.4 Å². The van der Waals surface area contributed by atoms with Crippen LogP contribution >= 0.6 is 0 Å². The van der Waals surface area contributed by atoms with Crippen molar-refractivity contribution in [3.8, 4) is 5.75 Å². The Morgan fingerprint density at radius 3 is 2.53 bits per heavy atom.